The molecule has 2 aromatic carbocycles. The van der Waals surface area contributed by atoms with Gasteiger partial charge in [-0.15, -0.1) is 0 Å². The van der Waals surface area contributed by atoms with Crippen LogP contribution in [-0.2, 0) is 30.4 Å². The highest BCUT2D eigenvalue weighted by Crippen LogP contribution is 2.32. The molecule has 35 heavy (non-hydrogen) atoms. The van der Waals surface area contributed by atoms with E-state index in [0.717, 1.165) is 5.56 Å². The summed E-state index contributed by atoms with van der Waals surface area (Å²) in [5.74, 6) is -0.526. The number of carbonyl (C=O) groups is 3. The van der Waals surface area contributed by atoms with Crippen molar-refractivity contribution in [2.45, 2.75) is 19.9 Å². The molecule has 2 amide bonds. The van der Waals surface area contributed by atoms with Crippen molar-refractivity contribution in [2.75, 3.05) is 34.0 Å². The number of methoxy groups -OCH3 is 2. The van der Waals surface area contributed by atoms with E-state index in [4.69, 9.17) is 14.2 Å². The molecule has 2 aromatic rings. The molecule has 184 valence electrons. The summed E-state index contributed by atoms with van der Waals surface area (Å²) in [7, 11) is 2.89. The smallest absolute Gasteiger partial charge is 0.340 e. The van der Waals surface area contributed by atoms with E-state index in [1.165, 1.54) is 7.11 Å². The van der Waals surface area contributed by atoms with Crippen LogP contribution in [0.4, 0.5) is 0 Å². The predicted molar refractivity (Wildman–Crippen MR) is 131 cm³/mol. The molecule has 0 fully saturated rings. The highest BCUT2D eigenvalue weighted by molar-refractivity contribution is 6.16. The lowest BCUT2D eigenvalue weighted by molar-refractivity contribution is -0.136. The molecule has 1 aliphatic rings. The molecule has 0 radical (unpaired) electrons. The van der Waals surface area contributed by atoms with Gasteiger partial charge in [0.15, 0.2) is 6.61 Å². The van der Waals surface area contributed by atoms with Gasteiger partial charge in [0.2, 0.25) is 0 Å². The maximum Gasteiger partial charge on any atom is 0.340 e. The van der Waals surface area contributed by atoms with Gasteiger partial charge in [-0.05, 0) is 42.7 Å². The summed E-state index contributed by atoms with van der Waals surface area (Å²) in [4.78, 5) is 39.1. The third-order valence-electron chi connectivity index (χ3n) is 5.52. The fourth-order valence-electron chi connectivity index (χ4n) is 3.69. The number of nitrogens with zero attached hydrogens (tertiary/aromatic N) is 1. The Morgan fingerprint density at radius 3 is 2.40 bits per heavy atom. The molecule has 8 heteroatoms. The van der Waals surface area contributed by atoms with Gasteiger partial charge in [0.1, 0.15) is 5.75 Å². The zero-order valence-corrected chi connectivity index (χ0v) is 20.2. The van der Waals surface area contributed by atoms with E-state index in [2.05, 4.69) is 5.32 Å². The molecule has 3 rings (SSSR count). The molecular formula is C27H30N2O6. The van der Waals surface area contributed by atoms with Crippen molar-refractivity contribution < 1.29 is 28.6 Å². The second-order valence-corrected chi connectivity index (χ2v) is 7.93. The Bertz CT molecular complexity index is 1110. The van der Waals surface area contributed by atoms with Gasteiger partial charge in [0.25, 0.3) is 11.8 Å². The lowest BCUT2D eigenvalue weighted by Gasteiger charge is -2.17. The first kappa shape index (κ1) is 25.7. The monoisotopic (exact) mass is 478 g/mol. The lowest BCUT2D eigenvalue weighted by atomic mass is 10.0. The number of benzene rings is 2. The van der Waals surface area contributed by atoms with E-state index < -0.39 is 5.97 Å². The second-order valence-electron chi connectivity index (χ2n) is 7.93. The standard InChI is InChI=1S/C27H30N2O6/c1-19-25(27(32)34-3)23(26(31)29(19)14-7-15-33-2)16-20-10-12-22(13-11-20)35-18-24(30)28-17-21-8-5-4-6-9-21/h4-6,8-13,16H,7,14-15,17-18H2,1-3H3,(H,28,30)/b23-16-. The molecule has 1 N–H and O–H groups in total. The van der Waals surface area contributed by atoms with Crippen LogP contribution < -0.4 is 10.1 Å². The zero-order valence-electron chi connectivity index (χ0n) is 20.2. The van der Waals surface area contributed by atoms with Crippen molar-refractivity contribution in [3.63, 3.8) is 0 Å². The summed E-state index contributed by atoms with van der Waals surface area (Å²) in [6.07, 6.45) is 2.30. The van der Waals surface area contributed by atoms with Crippen LogP contribution in [0.5, 0.6) is 5.75 Å². The topological polar surface area (TPSA) is 94.2 Å². The molecule has 0 saturated heterocycles. The molecule has 0 saturated carbocycles. The van der Waals surface area contributed by atoms with Crippen LogP contribution in [0.3, 0.4) is 0 Å². The number of amides is 2. The maximum absolute atomic E-state index is 13.1. The van der Waals surface area contributed by atoms with Crippen LogP contribution in [0.1, 0.15) is 24.5 Å². The summed E-state index contributed by atoms with van der Waals surface area (Å²) in [5, 5.41) is 2.81. The van der Waals surface area contributed by atoms with Gasteiger partial charge in [0.05, 0.1) is 18.3 Å². The van der Waals surface area contributed by atoms with E-state index >= 15 is 0 Å². The van der Waals surface area contributed by atoms with Gasteiger partial charge in [-0.25, -0.2) is 4.79 Å². The number of esters is 1. The SMILES string of the molecule is COCCCN1C(=O)/C(=C\c2ccc(OCC(=O)NCc3ccccc3)cc2)C(C(=O)OC)=C1C. The number of hydrogen-bond donors (Lipinski definition) is 1. The Kier molecular flexibility index (Phi) is 9.20. The number of carbonyl (C=O) groups excluding carboxylic acids is 3. The van der Waals surface area contributed by atoms with Gasteiger partial charge in [-0.3, -0.25) is 9.59 Å². The predicted octanol–water partition coefficient (Wildman–Crippen LogP) is 3.09. The Morgan fingerprint density at radius 2 is 1.74 bits per heavy atom. The fraction of sp³-hybridized carbons (Fsp3) is 0.296. The zero-order chi connectivity index (χ0) is 25.2. The van der Waals surface area contributed by atoms with E-state index in [-0.39, 0.29) is 29.6 Å². The minimum atomic E-state index is -0.558. The number of hydrogen-bond acceptors (Lipinski definition) is 6. The molecule has 0 spiro atoms. The Labute approximate surface area is 205 Å². The summed E-state index contributed by atoms with van der Waals surface area (Å²) in [5.41, 5.74) is 2.81. The minimum absolute atomic E-state index is 0.114. The largest absolute Gasteiger partial charge is 0.484 e. The Balaban J connectivity index is 1.64. The first-order valence-electron chi connectivity index (χ1n) is 11.3. The van der Waals surface area contributed by atoms with Crippen molar-refractivity contribution in [1.29, 1.82) is 0 Å². The van der Waals surface area contributed by atoms with Gasteiger partial charge in [0, 0.05) is 32.5 Å². The first-order valence-corrected chi connectivity index (χ1v) is 11.3. The first-order chi connectivity index (χ1) is 16.9. The minimum Gasteiger partial charge on any atom is -0.484 e. The fourth-order valence-corrected chi connectivity index (χ4v) is 3.69. The van der Waals surface area contributed by atoms with Crippen LogP contribution >= 0.6 is 0 Å². The molecule has 0 aromatic heterocycles. The molecule has 8 nitrogen and oxygen atoms in total. The molecule has 1 heterocycles. The number of allylic oxidation sites excluding steroid dienone is 1. The Hall–Kier alpha value is -3.91. The summed E-state index contributed by atoms with van der Waals surface area (Å²) >= 11 is 0. The highest BCUT2D eigenvalue weighted by atomic mass is 16.5. The van der Waals surface area contributed by atoms with Gasteiger partial charge < -0.3 is 24.4 Å². The van der Waals surface area contributed by atoms with Crippen LogP contribution in [0, 0.1) is 0 Å². The quantitative estimate of drug-likeness (QED) is 0.303. The number of ether oxygens (including phenoxy) is 3. The number of rotatable bonds is 11. The maximum atomic E-state index is 13.1. The molecule has 0 unspecified atom stereocenters. The van der Waals surface area contributed by atoms with Crippen LogP contribution in [-0.4, -0.2) is 56.7 Å². The van der Waals surface area contributed by atoms with E-state index in [9.17, 15) is 14.4 Å². The van der Waals surface area contributed by atoms with Crippen molar-refractivity contribution in [1.82, 2.24) is 10.2 Å². The molecule has 0 aliphatic carbocycles. The number of nitrogens with one attached hydrogen (secondary N) is 1. The molecule has 0 atom stereocenters. The summed E-state index contributed by atoms with van der Waals surface area (Å²) < 4.78 is 15.6. The van der Waals surface area contributed by atoms with Gasteiger partial charge >= 0.3 is 5.97 Å². The van der Waals surface area contributed by atoms with Crippen LogP contribution in [0.25, 0.3) is 6.08 Å². The van der Waals surface area contributed by atoms with Crippen molar-refractivity contribution in [3.05, 3.63) is 82.6 Å². The third kappa shape index (κ3) is 6.80. The molecular weight excluding hydrogens is 448 g/mol. The van der Waals surface area contributed by atoms with Crippen molar-refractivity contribution >= 4 is 23.9 Å². The van der Waals surface area contributed by atoms with Crippen molar-refractivity contribution in [2.24, 2.45) is 0 Å². The second kappa shape index (κ2) is 12.5. The van der Waals surface area contributed by atoms with Crippen LogP contribution in [0.15, 0.2) is 71.4 Å². The molecule has 1 aliphatic heterocycles. The van der Waals surface area contributed by atoms with Gasteiger partial charge in [-0.1, -0.05) is 42.5 Å². The molecule has 0 bridgehead atoms. The average molecular weight is 479 g/mol. The summed E-state index contributed by atoms with van der Waals surface area (Å²) in [6, 6.07) is 16.6. The highest BCUT2D eigenvalue weighted by Gasteiger charge is 2.36. The van der Waals surface area contributed by atoms with E-state index in [0.29, 0.717) is 43.1 Å². The average Bonchev–Trinajstić information content (AvgIpc) is 3.11. The van der Waals surface area contributed by atoms with Crippen LogP contribution in [0.2, 0.25) is 0 Å². The third-order valence-corrected chi connectivity index (χ3v) is 5.52. The lowest BCUT2D eigenvalue weighted by Crippen LogP contribution is -2.28. The normalized spacial score (nSPS) is 14.4. The van der Waals surface area contributed by atoms with Crippen molar-refractivity contribution in [3.8, 4) is 5.75 Å². The van der Waals surface area contributed by atoms with E-state index in [1.54, 1.807) is 49.3 Å². The summed E-state index contributed by atoms with van der Waals surface area (Å²) in [6.45, 7) is 3.00. The Morgan fingerprint density at radius 1 is 1.03 bits per heavy atom. The van der Waals surface area contributed by atoms with E-state index in [1.807, 2.05) is 30.3 Å². The van der Waals surface area contributed by atoms with Gasteiger partial charge in [-0.2, -0.15) is 0 Å².